The van der Waals surface area contributed by atoms with Crippen molar-refractivity contribution in [3.63, 3.8) is 0 Å². The standard InChI is InChI=1S/C38H35N3O4/c1-41(38(45)39-24-23-27-11-4-2-5-12-27)32-16-10-15-31(26-32)29-21-19-28(20-22-29)25-35(37(43)44)40-34-18-9-8-17-33(34)36(42)30-13-6-3-7-14-30/h2-22,26,35,40H,23-25H2,1H3,(H,39,45)(H,43,44). The molecule has 0 saturated carbocycles. The SMILES string of the molecule is CN(C(=O)NCCc1ccccc1)c1cccc(-c2ccc(CC(Nc3ccccc3C(=O)c3ccccc3)C(=O)O)cc2)c1. The van der Waals surface area contributed by atoms with Crippen molar-refractivity contribution < 1.29 is 19.5 Å². The molecule has 5 aromatic rings. The number of carbonyl (C=O) groups excluding carboxylic acids is 2. The lowest BCUT2D eigenvalue weighted by atomic mass is 9.98. The van der Waals surface area contributed by atoms with E-state index in [4.69, 9.17) is 0 Å². The summed E-state index contributed by atoms with van der Waals surface area (Å²) in [7, 11) is 1.74. The zero-order valence-electron chi connectivity index (χ0n) is 25.0. The first-order chi connectivity index (χ1) is 21.9. The zero-order chi connectivity index (χ0) is 31.6. The molecule has 0 aliphatic carbocycles. The number of ketones is 1. The summed E-state index contributed by atoms with van der Waals surface area (Å²) in [5, 5.41) is 16.1. The molecule has 0 aliphatic heterocycles. The van der Waals surface area contributed by atoms with Gasteiger partial charge in [-0.05, 0) is 52.9 Å². The molecule has 2 amide bonds. The van der Waals surface area contributed by atoms with Gasteiger partial charge in [-0.25, -0.2) is 9.59 Å². The third kappa shape index (κ3) is 8.03. The third-order valence-corrected chi connectivity index (χ3v) is 7.63. The molecule has 0 heterocycles. The van der Waals surface area contributed by atoms with Gasteiger partial charge in [-0.1, -0.05) is 109 Å². The average molecular weight is 598 g/mol. The maximum atomic E-state index is 13.1. The first-order valence-corrected chi connectivity index (χ1v) is 14.8. The number of anilines is 2. The summed E-state index contributed by atoms with van der Waals surface area (Å²) in [5.74, 6) is -1.19. The number of rotatable bonds is 12. The molecule has 0 saturated heterocycles. The molecule has 0 radical (unpaired) electrons. The number of para-hydroxylation sites is 1. The highest BCUT2D eigenvalue weighted by Gasteiger charge is 2.21. The molecule has 0 bridgehead atoms. The molecular formula is C38H35N3O4. The monoisotopic (exact) mass is 597 g/mol. The van der Waals surface area contributed by atoms with Crippen LogP contribution in [-0.2, 0) is 17.6 Å². The quantitative estimate of drug-likeness (QED) is 0.134. The summed E-state index contributed by atoms with van der Waals surface area (Å²) in [6, 6.07) is 40.2. The number of urea groups is 1. The van der Waals surface area contributed by atoms with Gasteiger partial charge in [0.1, 0.15) is 6.04 Å². The fraction of sp³-hybridized carbons (Fsp3) is 0.132. The summed E-state index contributed by atoms with van der Waals surface area (Å²) in [4.78, 5) is 39.8. The highest BCUT2D eigenvalue weighted by Crippen LogP contribution is 2.26. The van der Waals surface area contributed by atoms with E-state index in [-0.39, 0.29) is 18.2 Å². The second-order valence-electron chi connectivity index (χ2n) is 10.8. The second-order valence-corrected chi connectivity index (χ2v) is 10.8. The van der Waals surface area contributed by atoms with Crippen molar-refractivity contribution in [1.29, 1.82) is 0 Å². The maximum Gasteiger partial charge on any atom is 0.326 e. The molecule has 0 fully saturated rings. The minimum absolute atomic E-state index is 0.176. The molecule has 5 aromatic carbocycles. The lowest BCUT2D eigenvalue weighted by Gasteiger charge is -2.19. The molecule has 7 heteroatoms. The van der Waals surface area contributed by atoms with Crippen molar-refractivity contribution in [3.05, 3.63) is 156 Å². The topological polar surface area (TPSA) is 98.7 Å². The Hall–Kier alpha value is -5.69. The summed E-state index contributed by atoms with van der Waals surface area (Å²) >= 11 is 0. The van der Waals surface area contributed by atoms with Gasteiger partial charge >= 0.3 is 12.0 Å². The van der Waals surface area contributed by atoms with E-state index in [1.54, 1.807) is 60.5 Å². The lowest BCUT2D eigenvalue weighted by molar-refractivity contribution is -0.137. The molecular weight excluding hydrogens is 562 g/mol. The van der Waals surface area contributed by atoms with E-state index >= 15 is 0 Å². The Labute approximate surface area is 263 Å². The van der Waals surface area contributed by atoms with Gasteiger partial charge in [-0.3, -0.25) is 9.69 Å². The number of carboxylic acids is 1. The molecule has 0 aromatic heterocycles. The van der Waals surface area contributed by atoms with Crippen LogP contribution in [0.4, 0.5) is 16.2 Å². The van der Waals surface area contributed by atoms with Crippen LogP contribution >= 0.6 is 0 Å². The first-order valence-electron chi connectivity index (χ1n) is 14.8. The lowest BCUT2D eigenvalue weighted by Crippen LogP contribution is -2.38. The molecule has 226 valence electrons. The molecule has 3 N–H and O–H groups in total. The van der Waals surface area contributed by atoms with E-state index in [1.807, 2.05) is 84.9 Å². The minimum atomic E-state index is -1.01. The van der Waals surface area contributed by atoms with E-state index in [0.717, 1.165) is 28.8 Å². The number of hydrogen-bond acceptors (Lipinski definition) is 4. The fourth-order valence-corrected chi connectivity index (χ4v) is 5.10. The van der Waals surface area contributed by atoms with Crippen LogP contribution in [0.1, 0.15) is 27.0 Å². The molecule has 5 rings (SSSR count). The van der Waals surface area contributed by atoms with Crippen molar-refractivity contribution in [1.82, 2.24) is 5.32 Å². The number of nitrogens with one attached hydrogen (secondary N) is 2. The Morgan fingerprint density at radius 2 is 1.38 bits per heavy atom. The molecule has 1 unspecified atom stereocenters. The van der Waals surface area contributed by atoms with Crippen molar-refractivity contribution >= 4 is 29.2 Å². The summed E-state index contributed by atoms with van der Waals surface area (Å²) in [6.07, 6.45) is 0.971. The number of benzene rings is 5. The Bertz CT molecular complexity index is 1760. The van der Waals surface area contributed by atoms with Crippen LogP contribution in [0.15, 0.2) is 133 Å². The van der Waals surface area contributed by atoms with Crippen LogP contribution in [0, 0.1) is 0 Å². The molecule has 0 spiro atoms. The van der Waals surface area contributed by atoms with Gasteiger partial charge in [-0.15, -0.1) is 0 Å². The molecule has 45 heavy (non-hydrogen) atoms. The third-order valence-electron chi connectivity index (χ3n) is 7.63. The van der Waals surface area contributed by atoms with Gasteiger partial charge in [0, 0.05) is 42.5 Å². The maximum absolute atomic E-state index is 13.1. The smallest absolute Gasteiger partial charge is 0.326 e. The van der Waals surface area contributed by atoms with Crippen molar-refractivity contribution in [2.45, 2.75) is 18.9 Å². The largest absolute Gasteiger partial charge is 0.480 e. The zero-order valence-corrected chi connectivity index (χ0v) is 25.0. The summed E-state index contributed by atoms with van der Waals surface area (Å²) in [6.45, 7) is 0.537. The highest BCUT2D eigenvalue weighted by molar-refractivity contribution is 6.12. The highest BCUT2D eigenvalue weighted by atomic mass is 16.4. The van der Waals surface area contributed by atoms with E-state index in [1.165, 1.54) is 5.56 Å². The fourth-order valence-electron chi connectivity index (χ4n) is 5.10. The summed E-state index contributed by atoms with van der Waals surface area (Å²) < 4.78 is 0. The van der Waals surface area contributed by atoms with Crippen LogP contribution in [0.5, 0.6) is 0 Å². The van der Waals surface area contributed by atoms with E-state index in [0.29, 0.717) is 23.4 Å². The van der Waals surface area contributed by atoms with Gasteiger partial charge in [0.25, 0.3) is 0 Å². The van der Waals surface area contributed by atoms with E-state index in [9.17, 15) is 19.5 Å². The Morgan fingerprint density at radius 3 is 2.09 bits per heavy atom. The number of amides is 2. The predicted molar refractivity (Wildman–Crippen MR) is 179 cm³/mol. The predicted octanol–water partition coefficient (Wildman–Crippen LogP) is 7.08. The van der Waals surface area contributed by atoms with Crippen LogP contribution in [0.2, 0.25) is 0 Å². The average Bonchev–Trinajstić information content (AvgIpc) is 3.08. The van der Waals surface area contributed by atoms with Gasteiger partial charge < -0.3 is 15.7 Å². The molecule has 1 atom stereocenters. The second kappa shape index (κ2) is 14.7. The first kappa shape index (κ1) is 30.8. The Morgan fingerprint density at radius 1 is 0.711 bits per heavy atom. The van der Waals surface area contributed by atoms with Crippen molar-refractivity contribution in [2.75, 3.05) is 23.8 Å². The van der Waals surface area contributed by atoms with Gasteiger partial charge in [0.2, 0.25) is 0 Å². The van der Waals surface area contributed by atoms with Crippen LogP contribution < -0.4 is 15.5 Å². The van der Waals surface area contributed by atoms with Crippen LogP contribution in [0.25, 0.3) is 11.1 Å². The summed E-state index contributed by atoms with van der Waals surface area (Å²) in [5.41, 5.74) is 6.05. The normalized spacial score (nSPS) is 11.3. The minimum Gasteiger partial charge on any atom is -0.480 e. The molecule has 7 nitrogen and oxygen atoms in total. The number of aliphatic carboxylic acids is 1. The van der Waals surface area contributed by atoms with Crippen molar-refractivity contribution in [2.24, 2.45) is 0 Å². The Kier molecular flexibility index (Phi) is 10.0. The number of carboxylic acid groups (broad SMARTS) is 1. The van der Waals surface area contributed by atoms with Gasteiger partial charge in [0.15, 0.2) is 5.78 Å². The van der Waals surface area contributed by atoms with Gasteiger partial charge in [-0.2, -0.15) is 0 Å². The van der Waals surface area contributed by atoms with Gasteiger partial charge in [0.05, 0.1) is 0 Å². The number of carbonyl (C=O) groups is 3. The van der Waals surface area contributed by atoms with Crippen LogP contribution in [0.3, 0.4) is 0 Å². The molecule has 0 aliphatic rings. The number of nitrogens with zero attached hydrogens (tertiary/aromatic N) is 1. The van der Waals surface area contributed by atoms with Crippen LogP contribution in [-0.4, -0.2) is 42.5 Å². The Balaban J connectivity index is 1.24. The van der Waals surface area contributed by atoms with E-state index < -0.39 is 12.0 Å². The van der Waals surface area contributed by atoms with Crippen molar-refractivity contribution in [3.8, 4) is 11.1 Å². The van der Waals surface area contributed by atoms with E-state index in [2.05, 4.69) is 10.6 Å². The number of hydrogen-bond donors (Lipinski definition) is 3.